The van der Waals surface area contributed by atoms with Crippen LogP contribution in [0.5, 0.6) is 0 Å². The number of halogens is 2. The third-order valence-electron chi connectivity index (χ3n) is 6.22. The molecule has 0 aliphatic heterocycles. The lowest BCUT2D eigenvalue weighted by atomic mass is 10.1. The topological polar surface area (TPSA) is 108 Å². The summed E-state index contributed by atoms with van der Waals surface area (Å²) in [6.45, 7) is 6.08. The number of fused-ring (bicyclic) bond motifs is 1. The monoisotopic (exact) mass is 530 g/mol. The maximum atomic E-state index is 13.4. The summed E-state index contributed by atoms with van der Waals surface area (Å²) in [7, 11) is 0. The van der Waals surface area contributed by atoms with E-state index in [2.05, 4.69) is 31.2 Å². The lowest BCUT2D eigenvalue weighted by molar-refractivity contribution is -0.126. The van der Waals surface area contributed by atoms with Crippen molar-refractivity contribution in [3.63, 3.8) is 0 Å². The van der Waals surface area contributed by atoms with Crippen LogP contribution in [0.15, 0.2) is 36.0 Å². The number of benzene rings is 1. The quantitative estimate of drug-likeness (QED) is 0.283. The molecule has 1 saturated carbocycles. The predicted octanol–water partition coefficient (Wildman–Crippen LogP) is 5.32. The first kappa shape index (κ1) is 26.7. The van der Waals surface area contributed by atoms with Gasteiger partial charge in [0.25, 0.3) is 5.91 Å². The van der Waals surface area contributed by atoms with Gasteiger partial charge in [-0.1, -0.05) is 0 Å². The Kier molecular flexibility index (Phi) is 8.21. The van der Waals surface area contributed by atoms with Crippen LogP contribution in [0.4, 0.5) is 26.0 Å². The van der Waals surface area contributed by atoms with Crippen molar-refractivity contribution in [2.75, 3.05) is 17.2 Å². The van der Waals surface area contributed by atoms with E-state index < -0.39 is 18.3 Å². The molecule has 1 aliphatic carbocycles. The van der Waals surface area contributed by atoms with Gasteiger partial charge in [-0.15, -0.1) is 11.3 Å². The molecular formula is C26H32F2N6O2S. The third-order valence-corrected chi connectivity index (χ3v) is 7.01. The van der Waals surface area contributed by atoms with Crippen molar-refractivity contribution >= 4 is 50.6 Å². The van der Waals surface area contributed by atoms with E-state index in [9.17, 15) is 18.4 Å². The number of nitrogens with zero attached hydrogens (tertiary/aromatic N) is 2. The van der Waals surface area contributed by atoms with Crippen molar-refractivity contribution in [2.24, 2.45) is 5.92 Å². The fraction of sp³-hybridized carbons (Fsp3) is 0.462. The van der Waals surface area contributed by atoms with Gasteiger partial charge in [-0.2, -0.15) is 0 Å². The van der Waals surface area contributed by atoms with Crippen molar-refractivity contribution in [3.05, 3.63) is 41.5 Å². The summed E-state index contributed by atoms with van der Waals surface area (Å²) in [6.07, 6.45) is 1.56. The number of hydrogen-bond donors (Lipinski definition) is 4. The molecule has 2 unspecified atom stereocenters. The second-order valence-corrected chi connectivity index (χ2v) is 10.7. The Labute approximate surface area is 218 Å². The van der Waals surface area contributed by atoms with Gasteiger partial charge in [-0.25, -0.2) is 18.7 Å². The van der Waals surface area contributed by atoms with Crippen LogP contribution in [0.25, 0.3) is 10.2 Å². The molecule has 37 heavy (non-hydrogen) atoms. The predicted molar refractivity (Wildman–Crippen MR) is 143 cm³/mol. The zero-order chi connectivity index (χ0) is 26.6. The maximum Gasteiger partial charge on any atom is 0.254 e. The zero-order valence-corrected chi connectivity index (χ0v) is 21.9. The average molecular weight is 531 g/mol. The molecule has 4 rings (SSSR count). The molecule has 198 valence electrons. The Balaban J connectivity index is 1.33. The molecule has 2 amide bonds. The van der Waals surface area contributed by atoms with Gasteiger partial charge < -0.3 is 21.3 Å². The number of carbonyl (C=O) groups is 2. The molecule has 0 bridgehead atoms. The van der Waals surface area contributed by atoms with Crippen molar-refractivity contribution < 1.29 is 18.4 Å². The van der Waals surface area contributed by atoms with Crippen molar-refractivity contribution in [1.82, 2.24) is 20.6 Å². The molecule has 8 nitrogen and oxygen atoms in total. The van der Waals surface area contributed by atoms with Gasteiger partial charge in [0.1, 0.15) is 5.82 Å². The number of anilines is 3. The van der Waals surface area contributed by atoms with E-state index in [1.165, 1.54) is 6.20 Å². The first-order valence-corrected chi connectivity index (χ1v) is 13.3. The van der Waals surface area contributed by atoms with E-state index in [0.29, 0.717) is 30.0 Å². The number of aromatic nitrogens is 2. The first-order chi connectivity index (χ1) is 17.6. The molecule has 1 fully saturated rings. The second kappa shape index (κ2) is 11.4. The minimum atomic E-state index is -2.75. The van der Waals surface area contributed by atoms with Crippen molar-refractivity contribution in [3.8, 4) is 0 Å². The Morgan fingerprint density at radius 1 is 1.19 bits per heavy atom. The van der Waals surface area contributed by atoms with Crippen LogP contribution >= 0.6 is 11.3 Å². The summed E-state index contributed by atoms with van der Waals surface area (Å²) < 4.78 is 27.8. The summed E-state index contributed by atoms with van der Waals surface area (Å²) in [4.78, 5) is 33.9. The smallest absolute Gasteiger partial charge is 0.254 e. The summed E-state index contributed by atoms with van der Waals surface area (Å²) in [5.41, 5.74) is 4.66. The van der Waals surface area contributed by atoms with Crippen molar-refractivity contribution in [2.45, 2.75) is 64.5 Å². The molecule has 0 saturated heterocycles. The molecule has 2 atom stereocenters. The first-order valence-electron chi connectivity index (χ1n) is 12.4. The van der Waals surface area contributed by atoms with E-state index in [1.807, 2.05) is 32.0 Å². The Hall–Kier alpha value is -3.34. The number of alkyl halides is 2. The van der Waals surface area contributed by atoms with E-state index in [1.54, 1.807) is 29.8 Å². The lowest BCUT2D eigenvalue weighted by Crippen LogP contribution is -2.39. The SMILES string of the molecule is CC(C)Nc1cc(Nc2ccc3ncsc3c2)ncc1C(=O)NCCC(C)NC(=O)C1CCC(F)(F)C1. The molecule has 3 aromatic rings. The van der Waals surface area contributed by atoms with Gasteiger partial charge in [0.15, 0.2) is 0 Å². The molecule has 0 radical (unpaired) electrons. The van der Waals surface area contributed by atoms with Gasteiger partial charge >= 0.3 is 0 Å². The number of carbonyl (C=O) groups excluding carboxylic acids is 2. The number of nitrogens with one attached hydrogen (secondary N) is 4. The number of amides is 2. The third kappa shape index (κ3) is 7.12. The highest BCUT2D eigenvalue weighted by molar-refractivity contribution is 7.16. The van der Waals surface area contributed by atoms with Crippen molar-refractivity contribution in [1.29, 1.82) is 0 Å². The zero-order valence-electron chi connectivity index (χ0n) is 21.1. The van der Waals surface area contributed by atoms with Crippen LogP contribution in [0, 0.1) is 5.92 Å². The van der Waals surface area contributed by atoms with Crippen LogP contribution < -0.4 is 21.3 Å². The summed E-state index contributed by atoms with van der Waals surface area (Å²) in [6, 6.07) is 7.51. The van der Waals surface area contributed by atoms with E-state index in [-0.39, 0.29) is 36.7 Å². The second-order valence-electron chi connectivity index (χ2n) is 9.82. The maximum absolute atomic E-state index is 13.4. The highest BCUT2D eigenvalue weighted by atomic mass is 32.1. The van der Waals surface area contributed by atoms with Crippen LogP contribution in [0.3, 0.4) is 0 Å². The molecule has 2 aromatic heterocycles. The number of pyridine rings is 1. The Bertz CT molecular complexity index is 1260. The summed E-state index contributed by atoms with van der Waals surface area (Å²) in [5, 5.41) is 12.2. The van der Waals surface area contributed by atoms with Gasteiger partial charge in [0, 0.05) is 55.3 Å². The minimum Gasteiger partial charge on any atom is -0.382 e. The molecule has 1 aliphatic rings. The minimum absolute atomic E-state index is 0.0912. The fourth-order valence-corrected chi connectivity index (χ4v) is 5.04. The van der Waals surface area contributed by atoms with Crippen LogP contribution in [-0.4, -0.2) is 46.3 Å². The Morgan fingerprint density at radius 2 is 2.00 bits per heavy atom. The molecular weight excluding hydrogens is 498 g/mol. The standard InChI is InChI=1S/C26H32F2N6O2S/c1-15(2)32-21-11-23(34-18-4-5-20-22(10-18)37-14-31-20)30-13-19(21)25(36)29-9-7-16(3)33-24(35)17-6-8-26(27,28)12-17/h4-5,10-11,13-17H,6-9,12H2,1-3H3,(H,29,36)(H,33,35)(H2,30,32,34). The number of hydrogen-bond acceptors (Lipinski definition) is 7. The lowest BCUT2D eigenvalue weighted by Gasteiger charge is -2.18. The molecule has 1 aromatic carbocycles. The molecule has 2 heterocycles. The van der Waals surface area contributed by atoms with Gasteiger partial charge in [-0.05, 0) is 51.8 Å². The van der Waals surface area contributed by atoms with Gasteiger partial charge in [-0.3, -0.25) is 9.59 Å². The fourth-order valence-electron chi connectivity index (χ4n) is 4.32. The van der Waals surface area contributed by atoms with Crippen LogP contribution in [0.2, 0.25) is 0 Å². The van der Waals surface area contributed by atoms with Crippen LogP contribution in [0.1, 0.15) is 56.8 Å². The van der Waals surface area contributed by atoms with E-state index >= 15 is 0 Å². The summed E-state index contributed by atoms with van der Waals surface area (Å²) >= 11 is 1.56. The van der Waals surface area contributed by atoms with Gasteiger partial charge in [0.2, 0.25) is 11.8 Å². The molecule has 11 heteroatoms. The molecule has 4 N–H and O–H groups in total. The van der Waals surface area contributed by atoms with E-state index in [4.69, 9.17) is 0 Å². The number of thiazole rings is 1. The highest BCUT2D eigenvalue weighted by Gasteiger charge is 2.42. The summed E-state index contributed by atoms with van der Waals surface area (Å²) in [5.74, 6) is -3.45. The molecule has 0 spiro atoms. The number of rotatable bonds is 10. The van der Waals surface area contributed by atoms with E-state index in [0.717, 1.165) is 15.9 Å². The highest BCUT2D eigenvalue weighted by Crippen LogP contribution is 2.38. The van der Waals surface area contributed by atoms with Crippen LogP contribution in [-0.2, 0) is 4.79 Å². The van der Waals surface area contributed by atoms with Gasteiger partial charge in [0.05, 0.1) is 27.0 Å². The largest absolute Gasteiger partial charge is 0.382 e. The normalized spacial score (nSPS) is 17.5. The Morgan fingerprint density at radius 3 is 2.73 bits per heavy atom. The average Bonchev–Trinajstić information content (AvgIpc) is 3.44.